The highest BCUT2D eigenvalue weighted by Crippen LogP contribution is 2.37. The number of methoxy groups -OCH3 is 1. The Labute approximate surface area is 287 Å². The molecule has 0 aliphatic heterocycles. The quantitative estimate of drug-likeness (QED) is 0.105. The smallest absolute Gasteiger partial charge is 0.411 e. The van der Waals surface area contributed by atoms with Crippen LogP contribution in [0.5, 0.6) is 5.75 Å². The summed E-state index contributed by atoms with van der Waals surface area (Å²) in [5, 5.41) is 31.8. The zero-order chi connectivity index (χ0) is 35.0. The van der Waals surface area contributed by atoms with Crippen LogP contribution in [0.25, 0.3) is 11.0 Å². The molecule has 0 radical (unpaired) electrons. The van der Waals surface area contributed by atoms with E-state index in [1.807, 2.05) is 12.1 Å². The molecule has 0 aliphatic rings. The topological polar surface area (TPSA) is 157 Å². The number of hydrogen-bond donors (Lipinski definition) is 4. The number of hydrogen-bond acceptors (Lipinski definition) is 9. The molecule has 49 heavy (non-hydrogen) atoms. The molecule has 1 atom stereocenters. The maximum atomic E-state index is 11.6. The first kappa shape index (κ1) is 35.5. The van der Waals surface area contributed by atoms with Crippen LogP contribution in [0.15, 0.2) is 79.1 Å². The van der Waals surface area contributed by atoms with Crippen molar-refractivity contribution in [2.24, 2.45) is 0 Å². The van der Waals surface area contributed by atoms with Gasteiger partial charge in [-0.25, -0.2) is 9.78 Å². The minimum Gasteiger partial charge on any atom is -0.496 e. The zero-order valence-electron chi connectivity index (χ0n) is 28.7. The van der Waals surface area contributed by atoms with Crippen LogP contribution in [-0.4, -0.2) is 69.1 Å². The monoisotopic (exact) mass is 683 g/mol. The fourth-order valence-electron chi connectivity index (χ4n) is 6.38. The molecule has 0 aliphatic carbocycles. The zero-order valence-corrected chi connectivity index (χ0v) is 29.7. The summed E-state index contributed by atoms with van der Waals surface area (Å²) in [6, 6.07) is 22.8. The summed E-state index contributed by atoms with van der Waals surface area (Å²) in [6.45, 7) is 9.49. The first-order valence-corrected chi connectivity index (χ1v) is 18.4. The molecule has 258 valence electrons. The van der Waals surface area contributed by atoms with Gasteiger partial charge in [-0.2, -0.15) is 10.1 Å². The number of nitrogens with one attached hydrogen (secondary N) is 2. The van der Waals surface area contributed by atoms with E-state index in [0.717, 1.165) is 18.4 Å². The van der Waals surface area contributed by atoms with Crippen LogP contribution in [0.2, 0.25) is 5.04 Å². The largest absolute Gasteiger partial charge is 0.496 e. The molecule has 4 N–H and O–H groups in total. The third kappa shape index (κ3) is 7.90. The predicted molar refractivity (Wildman–Crippen MR) is 193 cm³/mol. The highest BCUT2D eigenvalue weighted by Gasteiger charge is 2.50. The van der Waals surface area contributed by atoms with Gasteiger partial charge >= 0.3 is 6.09 Å². The number of amides is 1. The molecule has 2 aromatic carbocycles. The van der Waals surface area contributed by atoms with Gasteiger partial charge in [-0.15, -0.1) is 0 Å². The second-order valence-corrected chi connectivity index (χ2v) is 17.2. The number of carboxylic acid groups (broad SMARTS) is 1. The SMILES string of the molecule is CCCC(CCO[Si](c1ccccc1)(c1ccccc1)C(C)(C)C)Nc1nc(NC(=O)O)nc2cnn(Cc3cnc(CO)cc3OC)c12. The second-order valence-electron chi connectivity index (χ2n) is 12.9. The van der Waals surface area contributed by atoms with Crippen molar-refractivity contribution in [1.82, 2.24) is 24.7 Å². The van der Waals surface area contributed by atoms with E-state index in [4.69, 9.17) is 9.16 Å². The molecule has 12 nitrogen and oxygen atoms in total. The highest BCUT2D eigenvalue weighted by atomic mass is 28.4. The fraction of sp³-hybridized carbons (Fsp3) is 0.361. The Morgan fingerprint density at radius 3 is 2.24 bits per heavy atom. The van der Waals surface area contributed by atoms with Crippen LogP contribution >= 0.6 is 0 Å². The van der Waals surface area contributed by atoms with Gasteiger partial charge in [0.05, 0.1) is 32.2 Å². The Morgan fingerprint density at radius 2 is 1.67 bits per heavy atom. The number of nitrogens with zero attached hydrogens (tertiary/aromatic N) is 5. The summed E-state index contributed by atoms with van der Waals surface area (Å²) >= 11 is 0. The first-order valence-electron chi connectivity index (χ1n) is 16.5. The van der Waals surface area contributed by atoms with Gasteiger partial charge in [0.25, 0.3) is 8.32 Å². The highest BCUT2D eigenvalue weighted by molar-refractivity contribution is 6.99. The molecular formula is C36H45N7O5Si. The summed E-state index contributed by atoms with van der Waals surface area (Å²) in [6.07, 6.45) is 4.38. The average molecular weight is 684 g/mol. The van der Waals surface area contributed by atoms with Crippen molar-refractivity contribution in [2.45, 2.75) is 71.2 Å². The van der Waals surface area contributed by atoms with Crippen LogP contribution < -0.4 is 25.7 Å². The molecule has 3 aromatic heterocycles. The lowest BCUT2D eigenvalue weighted by Gasteiger charge is -2.43. The van der Waals surface area contributed by atoms with E-state index >= 15 is 0 Å². The molecule has 13 heteroatoms. The van der Waals surface area contributed by atoms with E-state index in [0.29, 0.717) is 41.3 Å². The van der Waals surface area contributed by atoms with E-state index in [1.165, 1.54) is 10.4 Å². The minimum atomic E-state index is -2.74. The molecule has 0 fully saturated rings. The van der Waals surface area contributed by atoms with Crippen molar-refractivity contribution in [2.75, 3.05) is 24.4 Å². The van der Waals surface area contributed by atoms with Gasteiger partial charge in [-0.05, 0) is 28.3 Å². The van der Waals surface area contributed by atoms with E-state index in [2.05, 4.69) is 107 Å². The van der Waals surface area contributed by atoms with Gasteiger partial charge in [0, 0.05) is 30.5 Å². The Kier molecular flexibility index (Phi) is 11.3. The van der Waals surface area contributed by atoms with Crippen molar-refractivity contribution in [3.63, 3.8) is 0 Å². The summed E-state index contributed by atoms with van der Waals surface area (Å²) < 4.78 is 14.5. The van der Waals surface area contributed by atoms with Gasteiger partial charge < -0.3 is 24.7 Å². The number of anilines is 2. The summed E-state index contributed by atoms with van der Waals surface area (Å²) in [7, 11) is -1.18. The summed E-state index contributed by atoms with van der Waals surface area (Å²) in [5.74, 6) is 0.966. The van der Waals surface area contributed by atoms with Gasteiger partial charge in [0.2, 0.25) is 5.95 Å². The Morgan fingerprint density at radius 1 is 1.00 bits per heavy atom. The average Bonchev–Trinajstić information content (AvgIpc) is 3.49. The van der Waals surface area contributed by atoms with Gasteiger partial charge in [0.15, 0.2) is 5.82 Å². The van der Waals surface area contributed by atoms with Gasteiger partial charge in [0.1, 0.15) is 16.8 Å². The third-order valence-electron chi connectivity index (χ3n) is 8.59. The Balaban J connectivity index is 1.48. The van der Waals surface area contributed by atoms with E-state index in [9.17, 15) is 15.0 Å². The van der Waals surface area contributed by atoms with Crippen molar-refractivity contribution < 1.29 is 24.2 Å². The van der Waals surface area contributed by atoms with Crippen LogP contribution in [-0.2, 0) is 17.6 Å². The summed E-state index contributed by atoms with van der Waals surface area (Å²) in [5.41, 5.74) is 2.31. The number of rotatable bonds is 15. The number of benzene rings is 2. The number of ether oxygens (including phenoxy) is 1. The number of aromatic nitrogens is 5. The fourth-order valence-corrected chi connectivity index (χ4v) is 11.0. The molecule has 1 unspecified atom stereocenters. The molecular weight excluding hydrogens is 639 g/mol. The van der Waals surface area contributed by atoms with Crippen molar-refractivity contribution in [1.29, 1.82) is 0 Å². The number of aliphatic hydroxyl groups is 1. The van der Waals surface area contributed by atoms with Crippen molar-refractivity contribution in [3.8, 4) is 5.75 Å². The maximum Gasteiger partial charge on any atom is 0.411 e. The molecule has 3 heterocycles. The van der Waals surface area contributed by atoms with E-state index in [-0.39, 0.29) is 30.2 Å². The number of carbonyl (C=O) groups is 1. The molecule has 0 bridgehead atoms. The van der Waals surface area contributed by atoms with Gasteiger partial charge in [-0.1, -0.05) is 94.8 Å². The first-order chi connectivity index (χ1) is 23.6. The summed E-state index contributed by atoms with van der Waals surface area (Å²) in [4.78, 5) is 24.9. The Bertz CT molecular complexity index is 1810. The van der Waals surface area contributed by atoms with E-state index < -0.39 is 14.4 Å². The van der Waals surface area contributed by atoms with Gasteiger partial charge in [-0.3, -0.25) is 15.0 Å². The molecule has 0 saturated heterocycles. The van der Waals surface area contributed by atoms with Crippen LogP contribution in [0.1, 0.15) is 58.2 Å². The van der Waals surface area contributed by atoms with Crippen LogP contribution in [0.4, 0.5) is 16.6 Å². The Hall–Kier alpha value is -4.85. The number of pyridine rings is 1. The lowest BCUT2D eigenvalue weighted by Crippen LogP contribution is -2.66. The lowest BCUT2D eigenvalue weighted by atomic mass is 10.1. The molecule has 5 aromatic rings. The third-order valence-corrected chi connectivity index (χ3v) is 13.6. The van der Waals surface area contributed by atoms with Crippen molar-refractivity contribution >= 4 is 47.6 Å². The molecule has 0 saturated carbocycles. The van der Waals surface area contributed by atoms with Crippen LogP contribution in [0.3, 0.4) is 0 Å². The van der Waals surface area contributed by atoms with Crippen molar-refractivity contribution in [3.05, 3.63) is 90.4 Å². The molecule has 5 rings (SSSR count). The standard InChI is InChI=1S/C36H45N7O5Si/c1-6-13-26(18-19-48-49(36(2,3)4,28-14-9-7-10-15-28)29-16-11-8-12-17-29)39-33-32-30(40-34(41-33)42-35(45)46)22-38-43(32)23-25-21-37-27(24-44)20-31(25)47-5/h7-12,14-17,20-22,26,44H,6,13,18-19,23-24H2,1-5H3,(H,45,46)(H2,39,40,41,42). The van der Waals surface area contributed by atoms with E-state index in [1.54, 1.807) is 30.3 Å². The normalized spacial score (nSPS) is 12.5. The number of fused-ring (bicyclic) bond motifs is 1. The molecule has 0 spiro atoms. The maximum absolute atomic E-state index is 11.6. The number of aliphatic hydroxyl groups excluding tert-OH is 1. The molecule has 1 amide bonds. The predicted octanol–water partition coefficient (Wildman–Crippen LogP) is 5.41. The second kappa shape index (κ2) is 15.6. The lowest BCUT2D eigenvalue weighted by molar-refractivity contribution is 0.209. The minimum absolute atomic E-state index is 0.0487. The van der Waals surface area contributed by atoms with Crippen LogP contribution in [0, 0.1) is 0 Å².